The van der Waals surface area contributed by atoms with E-state index in [1.807, 2.05) is 48.5 Å². The number of methoxy groups -OCH3 is 2. The van der Waals surface area contributed by atoms with Gasteiger partial charge in [-0.05, 0) is 48.0 Å². The zero-order valence-corrected chi connectivity index (χ0v) is 19.8. The van der Waals surface area contributed by atoms with Crippen molar-refractivity contribution >= 4 is 46.6 Å². The number of hydrogen-bond donors (Lipinski definition) is 1. The molecule has 1 heterocycles. The summed E-state index contributed by atoms with van der Waals surface area (Å²) in [5, 5.41) is 3.21. The van der Waals surface area contributed by atoms with Gasteiger partial charge in [0.1, 0.15) is 18.0 Å². The highest BCUT2D eigenvalue weighted by Crippen LogP contribution is 2.45. The van der Waals surface area contributed by atoms with Crippen LogP contribution in [-0.4, -0.2) is 32.6 Å². The second kappa shape index (κ2) is 10.2. The molecule has 6 nitrogen and oxygen atoms in total. The summed E-state index contributed by atoms with van der Waals surface area (Å²) in [6.45, 7) is -0.124. The van der Waals surface area contributed by atoms with Crippen molar-refractivity contribution in [3.05, 3.63) is 77.3 Å². The van der Waals surface area contributed by atoms with Gasteiger partial charge in [0.25, 0.3) is 0 Å². The molecule has 4 rings (SSSR count). The van der Waals surface area contributed by atoms with Crippen LogP contribution in [0.4, 0.5) is 11.4 Å². The molecule has 170 valence electrons. The van der Waals surface area contributed by atoms with Crippen molar-refractivity contribution in [1.29, 1.82) is 0 Å². The van der Waals surface area contributed by atoms with E-state index in [1.54, 1.807) is 37.1 Å². The van der Waals surface area contributed by atoms with Gasteiger partial charge in [-0.1, -0.05) is 35.9 Å². The number of thioether (sulfide) groups is 1. The van der Waals surface area contributed by atoms with E-state index in [-0.39, 0.29) is 30.0 Å². The van der Waals surface area contributed by atoms with Crippen LogP contribution in [0.15, 0.2) is 71.6 Å². The van der Waals surface area contributed by atoms with E-state index in [0.717, 1.165) is 21.9 Å². The predicted octanol–water partition coefficient (Wildman–Crippen LogP) is 5.57. The minimum Gasteiger partial charge on any atom is -0.497 e. The summed E-state index contributed by atoms with van der Waals surface area (Å²) in [5.41, 5.74) is 2.20. The van der Waals surface area contributed by atoms with Crippen molar-refractivity contribution < 1.29 is 19.1 Å². The van der Waals surface area contributed by atoms with Crippen LogP contribution in [0, 0.1) is 0 Å². The van der Waals surface area contributed by atoms with Gasteiger partial charge in [-0.2, -0.15) is 0 Å². The Labute approximate surface area is 201 Å². The van der Waals surface area contributed by atoms with Gasteiger partial charge in [0.05, 0.1) is 25.6 Å². The fourth-order valence-corrected chi connectivity index (χ4v) is 5.12. The molecule has 0 aliphatic carbocycles. The summed E-state index contributed by atoms with van der Waals surface area (Å²) < 4.78 is 10.6. The van der Waals surface area contributed by atoms with E-state index >= 15 is 0 Å². The van der Waals surface area contributed by atoms with Gasteiger partial charge in [0.2, 0.25) is 11.8 Å². The van der Waals surface area contributed by atoms with Gasteiger partial charge < -0.3 is 19.7 Å². The molecule has 0 bridgehead atoms. The Morgan fingerprint density at radius 3 is 2.58 bits per heavy atom. The number of fused-ring (bicyclic) bond motifs is 1. The number of para-hydroxylation sites is 1. The summed E-state index contributed by atoms with van der Waals surface area (Å²) in [5.74, 6) is 0.789. The Morgan fingerprint density at radius 2 is 1.85 bits per heavy atom. The van der Waals surface area contributed by atoms with Crippen LogP contribution in [-0.2, 0) is 9.59 Å². The zero-order chi connectivity index (χ0) is 23.4. The largest absolute Gasteiger partial charge is 0.497 e. The first-order chi connectivity index (χ1) is 16.0. The van der Waals surface area contributed by atoms with Gasteiger partial charge in [0, 0.05) is 21.6 Å². The van der Waals surface area contributed by atoms with Crippen LogP contribution in [0.25, 0.3) is 0 Å². The van der Waals surface area contributed by atoms with Crippen molar-refractivity contribution in [3.8, 4) is 11.5 Å². The highest BCUT2D eigenvalue weighted by Gasteiger charge is 2.30. The third-order valence-electron chi connectivity index (χ3n) is 5.31. The number of nitrogens with one attached hydrogen (secondary N) is 1. The third kappa shape index (κ3) is 5.26. The molecule has 1 N–H and O–H groups in total. The molecule has 0 aromatic heterocycles. The molecule has 0 fully saturated rings. The zero-order valence-electron chi connectivity index (χ0n) is 18.2. The predicted molar refractivity (Wildman–Crippen MR) is 132 cm³/mol. The Morgan fingerprint density at radius 1 is 1.09 bits per heavy atom. The number of ether oxygens (including phenoxy) is 2. The molecule has 1 aliphatic rings. The molecule has 0 spiro atoms. The van der Waals surface area contributed by atoms with Gasteiger partial charge in [-0.3, -0.25) is 9.59 Å². The maximum absolute atomic E-state index is 13.3. The van der Waals surface area contributed by atoms with E-state index < -0.39 is 0 Å². The first kappa shape index (κ1) is 23.0. The number of amides is 2. The molecule has 1 unspecified atom stereocenters. The SMILES string of the molecule is COc1ccc(C2CC(=O)N(CC(=O)Nc3cc(Cl)ccc3OC)c3ccccc3S2)cc1. The Hall–Kier alpha value is -3.16. The van der Waals surface area contributed by atoms with Crippen LogP contribution < -0.4 is 19.7 Å². The maximum atomic E-state index is 13.3. The van der Waals surface area contributed by atoms with E-state index in [0.29, 0.717) is 16.5 Å². The molecule has 3 aromatic carbocycles. The molecular formula is C25H23ClN2O4S. The molecular weight excluding hydrogens is 460 g/mol. The number of halogens is 1. The van der Waals surface area contributed by atoms with Crippen molar-refractivity contribution in [3.63, 3.8) is 0 Å². The molecule has 0 saturated carbocycles. The average Bonchev–Trinajstić information content (AvgIpc) is 2.96. The summed E-state index contributed by atoms with van der Waals surface area (Å²) in [6.07, 6.45) is 0.263. The molecule has 1 atom stereocenters. The molecule has 2 amide bonds. The first-order valence-electron chi connectivity index (χ1n) is 10.3. The average molecular weight is 483 g/mol. The lowest BCUT2D eigenvalue weighted by Gasteiger charge is -2.22. The first-order valence-corrected chi connectivity index (χ1v) is 11.6. The van der Waals surface area contributed by atoms with Crippen LogP contribution in [0.2, 0.25) is 5.02 Å². The molecule has 3 aromatic rings. The van der Waals surface area contributed by atoms with Crippen molar-refractivity contribution in [2.24, 2.45) is 0 Å². The van der Waals surface area contributed by atoms with E-state index in [1.165, 1.54) is 12.0 Å². The minimum atomic E-state index is -0.341. The van der Waals surface area contributed by atoms with Gasteiger partial charge in [-0.15, -0.1) is 11.8 Å². The van der Waals surface area contributed by atoms with E-state index in [9.17, 15) is 9.59 Å². The van der Waals surface area contributed by atoms with Crippen LogP contribution in [0.3, 0.4) is 0 Å². The summed E-state index contributed by atoms with van der Waals surface area (Å²) >= 11 is 7.69. The monoisotopic (exact) mass is 482 g/mol. The summed E-state index contributed by atoms with van der Waals surface area (Å²) in [4.78, 5) is 28.7. The van der Waals surface area contributed by atoms with Gasteiger partial charge in [-0.25, -0.2) is 0 Å². The topological polar surface area (TPSA) is 67.9 Å². The molecule has 1 aliphatic heterocycles. The van der Waals surface area contributed by atoms with Crippen LogP contribution in [0.5, 0.6) is 11.5 Å². The van der Waals surface area contributed by atoms with Crippen LogP contribution >= 0.6 is 23.4 Å². The standard InChI is InChI=1S/C25H23ClN2O4S/c1-31-18-10-7-16(8-11-18)23-14-25(30)28(20-5-3-4-6-22(20)33-23)15-24(29)27-19-13-17(26)9-12-21(19)32-2/h3-13,23H,14-15H2,1-2H3,(H,27,29). The number of carbonyl (C=O) groups is 2. The normalized spacial score (nSPS) is 15.4. The van der Waals surface area contributed by atoms with Crippen molar-refractivity contribution in [1.82, 2.24) is 0 Å². The van der Waals surface area contributed by atoms with Gasteiger partial charge >= 0.3 is 0 Å². The fourth-order valence-electron chi connectivity index (χ4n) is 3.67. The molecule has 8 heteroatoms. The number of rotatable bonds is 6. The lowest BCUT2D eigenvalue weighted by molar-refractivity contribution is -0.121. The highest BCUT2D eigenvalue weighted by atomic mass is 35.5. The molecule has 33 heavy (non-hydrogen) atoms. The molecule has 0 radical (unpaired) electrons. The maximum Gasteiger partial charge on any atom is 0.244 e. The second-order valence-electron chi connectivity index (χ2n) is 7.42. The highest BCUT2D eigenvalue weighted by molar-refractivity contribution is 7.99. The lowest BCUT2D eigenvalue weighted by atomic mass is 10.1. The number of hydrogen-bond acceptors (Lipinski definition) is 5. The molecule has 0 saturated heterocycles. The van der Waals surface area contributed by atoms with E-state index in [4.69, 9.17) is 21.1 Å². The summed E-state index contributed by atoms with van der Waals surface area (Å²) in [7, 11) is 3.14. The number of nitrogens with zero attached hydrogens (tertiary/aromatic N) is 1. The Balaban J connectivity index is 1.58. The number of anilines is 2. The Kier molecular flexibility index (Phi) is 7.11. The Bertz CT molecular complexity index is 1170. The van der Waals surface area contributed by atoms with Crippen LogP contribution in [0.1, 0.15) is 17.2 Å². The third-order valence-corrected chi connectivity index (χ3v) is 6.87. The number of carbonyl (C=O) groups excluding carboxylic acids is 2. The number of benzene rings is 3. The van der Waals surface area contributed by atoms with Crippen molar-refractivity contribution in [2.75, 3.05) is 31.0 Å². The van der Waals surface area contributed by atoms with Gasteiger partial charge in [0.15, 0.2) is 0 Å². The van der Waals surface area contributed by atoms with Crippen molar-refractivity contribution in [2.45, 2.75) is 16.6 Å². The fraction of sp³-hybridized carbons (Fsp3) is 0.200. The minimum absolute atomic E-state index is 0.0781. The lowest BCUT2D eigenvalue weighted by Crippen LogP contribution is -2.38. The second-order valence-corrected chi connectivity index (χ2v) is 9.11. The smallest absolute Gasteiger partial charge is 0.244 e. The summed E-state index contributed by atoms with van der Waals surface area (Å²) in [6, 6.07) is 20.3. The van der Waals surface area contributed by atoms with E-state index in [2.05, 4.69) is 5.32 Å². The quantitative estimate of drug-likeness (QED) is 0.497.